The molecule has 1 aliphatic carbocycles. The maximum Gasteiger partial charge on any atom is 0.420 e. The topological polar surface area (TPSA) is 101 Å². The first kappa shape index (κ1) is 27.4. The Balaban J connectivity index is 1.24. The van der Waals surface area contributed by atoms with Crippen molar-refractivity contribution >= 4 is 29.0 Å². The van der Waals surface area contributed by atoms with Crippen LogP contribution in [-0.2, 0) is 16.5 Å². The molecule has 2 unspecified atom stereocenters. The third kappa shape index (κ3) is 4.53. The first-order valence-electron chi connectivity index (χ1n) is 14.1. The van der Waals surface area contributed by atoms with Gasteiger partial charge in [0.1, 0.15) is 11.6 Å². The van der Waals surface area contributed by atoms with Crippen molar-refractivity contribution in [3.05, 3.63) is 82.0 Å². The van der Waals surface area contributed by atoms with E-state index in [9.17, 15) is 28.1 Å². The largest absolute Gasteiger partial charge is 0.420 e. The Kier molecular flexibility index (Phi) is 6.10. The standard InChI is InChI=1S/C30H28F3N5O5/c1-19-15-28(19)17-29(18-36(29)26-9-5-22(16-34-26)35-10-12-42-13-11-35)24-14-20(30(31,32)33)2-8-25(24)37(28)27(39)43-23-6-3-21(4-7-23)38(40)41/h2-9,14,16,19H,10-13,15,17-18H2,1H3/t19-,28?,29?,36?/m0/s1. The number of nitro benzene ring substituents is 1. The van der Waals surface area contributed by atoms with Crippen LogP contribution in [0.2, 0.25) is 0 Å². The molecule has 10 nitrogen and oxygen atoms in total. The predicted octanol–water partition coefficient (Wildman–Crippen LogP) is 5.75. The summed E-state index contributed by atoms with van der Waals surface area (Å²) in [5, 5.41) is 11.0. The molecule has 4 aliphatic rings. The van der Waals surface area contributed by atoms with Crippen LogP contribution in [0.5, 0.6) is 5.75 Å². The minimum Gasteiger partial charge on any atom is -0.410 e. The lowest BCUT2D eigenvalue weighted by molar-refractivity contribution is -0.384. The Labute approximate surface area is 244 Å². The van der Waals surface area contributed by atoms with Gasteiger partial charge in [-0.15, -0.1) is 0 Å². The molecular weight excluding hydrogens is 567 g/mol. The van der Waals surface area contributed by atoms with Gasteiger partial charge in [-0.1, -0.05) is 6.92 Å². The molecule has 2 aromatic carbocycles. The molecule has 3 aliphatic heterocycles. The van der Waals surface area contributed by atoms with Gasteiger partial charge in [-0.25, -0.2) is 9.78 Å². The first-order chi connectivity index (χ1) is 20.5. The van der Waals surface area contributed by atoms with E-state index in [2.05, 4.69) is 4.90 Å². The fourth-order valence-corrected chi connectivity index (χ4v) is 6.75. The average Bonchev–Trinajstić information content (AvgIpc) is 3.88. The molecular formula is C30H28F3N5O5. The van der Waals surface area contributed by atoms with Crippen LogP contribution in [0.3, 0.4) is 0 Å². The van der Waals surface area contributed by atoms with Gasteiger partial charge in [0, 0.05) is 43.8 Å². The molecule has 13 heteroatoms. The number of hydrogen-bond acceptors (Lipinski definition) is 8. The lowest BCUT2D eigenvalue weighted by Crippen LogP contribution is -2.52. The second-order valence-corrected chi connectivity index (χ2v) is 11.7. The van der Waals surface area contributed by atoms with Crippen LogP contribution >= 0.6 is 0 Å². The Bertz CT molecular complexity index is 1600. The van der Waals surface area contributed by atoms with Crippen molar-refractivity contribution < 1.29 is 32.4 Å². The van der Waals surface area contributed by atoms with Crippen LogP contribution < -0.4 is 19.4 Å². The van der Waals surface area contributed by atoms with Crippen LogP contribution in [0.1, 0.15) is 30.9 Å². The van der Waals surface area contributed by atoms with Crippen LogP contribution in [0.25, 0.3) is 0 Å². The SMILES string of the molecule is C[C@H]1CC12CC1(CN1c1ccc(N3CCOCC3)cn1)c1cc(C(F)(F)F)ccc1N2C(=O)Oc1ccc([N+](=O)[O-])cc1. The van der Waals surface area contributed by atoms with Gasteiger partial charge in [0.25, 0.3) is 5.69 Å². The highest BCUT2D eigenvalue weighted by molar-refractivity contribution is 5.95. The highest BCUT2D eigenvalue weighted by Gasteiger charge is 2.71. The summed E-state index contributed by atoms with van der Waals surface area (Å²) in [6, 6.07) is 12.5. The summed E-state index contributed by atoms with van der Waals surface area (Å²) in [4.78, 5) is 34.6. The summed E-state index contributed by atoms with van der Waals surface area (Å²) in [7, 11) is 0. The quantitative estimate of drug-likeness (QED) is 0.214. The summed E-state index contributed by atoms with van der Waals surface area (Å²) < 4.78 is 52.9. The molecule has 7 rings (SSSR count). The van der Waals surface area contributed by atoms with Gasteiger partial charge in [0.2, 0.25) is 0 Å². The Morgan fingerprint density at radius 3 is 2.44 bits per heavy atom. The molecule has 2 saturated heterocycles. The van der Waals surface area contributed by atoms with E-state index < -0.39 is 33.8 Å². The van der Waals surface area contributed by atoms with Gasteiger partial charge in [-0.3, -0.25) is 15.0 Å². The minimum absolute atomic E-state index is 0.0725. The number of rotatable bonds is 4. The van der Waals surface area contributed by atoms with E-state index in [1.54, 1.807) is 6.20 Å². The molecule has 43 heavy (non-hydrogen) atoms. The van der Waals surface area contributed by atoms with Crippen molar-refractivity contribution in [3.63, 3.8) is 0 Å². The highest BCUT2D eigenvalue weighted by atomic mass is 19.4. The zero-order chi connectivity index (χ0) is 30.1. The second-order valence-electron chi connectivity index (χ2n) is 11.7. The van der Waals surface area contributed by atoms with Gasteiger partial charge in [-0.2, -0.15) is 13.2 Å². The minimum atomic E-state index is -4.57. The number of ether oxygens (including phenoxy) is 2. The number of anilines is 3. The van der Waals surface area contributed by atoms with E-state index in [4.69, 9.17) is 14.5 Å². The van der Waals surface area contributed by atoms with Gasteiger partial charge in [0.15, 0.2) is 0 Å². The van der Waals surface area contributed by atoms with E-state index in [1.807, 2.05) is 24.0 Å². The molecule has 1 saturated carbocycles. The van der Waals surface area contributed by atoms with Gasteiger partial charge < -0.3 is 19.3 Å². The van der Waals surface area contributed by atoms with Crippen LogP contribution in [0.15, 0.2) is 60.8 Å². The number of halogens is 3. The third-order valence-corrected chi connectivity index (χ3v) is 9.18. The first-order valence-corrected chi connectivity index (χ1v) is 14.1. The van der Waals surface area contributed by atoms with Crippen LogP contribution in [-0.4, -0.2) is 54.4 Å². The van der Waals surface area contributed by atoms with Crippen LogP contribution in [0.4, 0.5) is 40.8 Å². The van der Waals surface area contributed by atoms with E-state index >= 15 is 0 Å². The van der Waals surface area contributed by atoms with Crippen molar-refractivity contribution in [1.29, 1.82) is 0 Å². The molecule has 4 heterocycles. The fraction of sp³-hybridized carbons (Fsp3) is 0.400. The van der Waals surface area contributed by atoms with Gasteiger partial charge in [0.05, 0.1) is 52.3 Å². The molecule has 3 aromatic rings. The average molecular weight is 596 g/mol. The number of amides is 1. The summed E-state index contributed by atoms with van der Waals surface area (Å²) in [6.07, 6.45) is -2.46. The second kappa shape index (κ2) is 9.56. The van der Waals surface area contributed by atoms with Gasteiger partial charge >= 0.3 is 12.3 Å². The summed E-state index contributed by atoms with van der Waals surface area (Å²) in [5.74, 6) is 0.833. The molecule has 3 fully saturated rings. The molecule has 0 radical (unpaired) electrons. The molecule has 1 aromatic heterocycles. The Hall–Kier alpha value is -4.39. The number of pyridine rings is 1. The summed E-state index contributed by atoms with van der Waals surface area (Å²) >= 11 is 0. The predicted molar refractivity (Wildman–Crippen MR) is 150 cm³/mol. The third-order valence-electron chi connectivity index (χ3n) is 9.18. The number of nitrogens with zero attached hydrogens (tertiary/aromatic N) is 5. The van der Waals surface area contributed by atoms with E-state index in [0.29, 0.717) is 49.7 Å². The monoisotopic (exact) mass is 595 g/mol. The summed E-state index contributed by atoms with van der Waals surface area (Å²) in [5.41, 5.74) is -0.658. The number of morpholine rings is 1. The molecule has 3 atom stereocenters. The van der Waals surface area contributed by atoms with Crippen molar-refractivity contribution in [1.82, 2.24) is 4.98 Å². The number of aromatic nitrogens is 1. The zero-order valence-electron chi connectivity index (χ0n) is 23.2. The van der Waals surface area contributed by atoms with E-state index in [0.717, 1.165) is 30.9 Å². The van der Waals surface area contributed by atoms with E-state index in [-0.39, 0.29) is 17.4 Å². The smallest absolute Gasteiger partial charge is 0.410 e. The molecule has 224 valence electrons. The number of benzene rings is 2. The van der Waals surface area contributed by atoms with Gasteiger partial charge in [-0.05, 0) is 54.8 Å². The Morgan fingerprint density at radius 1 is 1.12 bits per heavy atom. The number of non-ortho nitro benzene ring substituents is 1. The number of nitro groups is 1. The van der Waals surface area contributed by atoms with Crippen molar-refractivity contribution in [2.75, 3.05) is 47.5 Å². The normalized spacial score (nSPS) is 26.0. The Morgan fingerprint density at radius 2 is 1.84 bits per heavy atom. The number of hydrogen-bond donors (Lipinski definition) is 0. The number of fused-ring (bicyclic) bond motifs is 2. The van der Waals surface area contributed by atoms with Crippen molar-refractivity contribution in [2.45, 2.75) is 37.0 Å². The fourth-order valence-electron chi connectivity index (χ4n) is 6.75. The summed E-state index contributed by atoms with van der Waals surface area (Å²) in [6.45, 7) is 5.27. The number of carbonyl (C=O) groups excluding carboxylic acids is 1. The molecule has 2 spiro atoms. The maximum atomic E-state index is 13.9. The number of alkyl halides is 3. The molecule has 0 bridgehead atoms. The lowest BCUT2D eigenvalue weighted by atomic mass is 9.81. The highest BCUT2D eigenvalue weighted by Crippen LogP contribution is 2.66. The molecule has 1 amide bonds. The lowest BCUT2D eigenvalue weighted by Gasteiger charge is -2.42. The number of carbonyl (C=O) groups is 1. The zero-order valence-corrected chi connectivity index (χ0v) is 23.2. The van der Waals surface area contributed by atoms with Crippen molar-refractivity contribution in [2.24, 2.45) is 5.92 Å². The van der Waals surface area contributed by atoms with E-state index in [1.165, 1.54) is 35.2 Å². The maximum absolute atomic E-state index is 13.9. The van der Waals surface area contributed by atoms with Crippen molar-refractivity contribution in [3.8, 4) is 5.75 Å². The molecule has 0 N–H and O–H groups in total. The van der Waals surface area contributed by atoms with Crippen LogP contribution in [0, 0.1) is 16.0 Å².